The smallest absolute Gasteiger partial charge is 0.323 e. The van der Waals surface area contributed by atoms with Crippen LogP contribution in [0.4, 0.5) is 0 Å². The number of amides is 1. The Morgan fingerprint density at radius 1 is 1.29 bits per heavy atom. The van der Waals surface area contributed by atoms with E-state index in [0.717, 1.165) is 11.3 Å². The van der Waals surface area contributed by atoms with Gasteiger partial charge in [0.1, 0.15) is 12.3 Å². The highest BCUT2D eigenvalue weighted by Crippen LogP contribution is 2.12. The third-order valence-corrected chi connectivity index (χ3v) is 2.31. The van der Waals surface area contributed by atoms with Gasteiger partial charge >= 0.3 is 5.97 Å². The van der Waals surface area contributed by atoms with Crippen molar-refractivity contribution in [3.05, 3.63) is 29.8 Å². The lowest BCUT2D eigenvalue weighted by Gasteiger charge is -2.14. The van der Waals surface area contributed by atoms with Crippen LogP contribution in [0.1, 0.15) is 5.56 Å². The van der Waals surface area contributed by atoms with Gasteiger partial charge < -0.3 is 14.7 Å². The van der Waals surface area contributed by atoms with Gasteiger partial charge in [0.25, 0.3) is 0 Å². The van der Waals surface area contributed by atoms with Crippen LogP contribution in [0.3, 0.4) is 0 Å². The van der Waals surface area contributed by atoms with Crippen molar-refractivity contribution in [2.75, 3.05) is 20.7 Å². The molecule has 1 N–H and O–H groups in total. The SMILES string of the molecule is COc1ccc(CC(=O)N(C)CC(=O)O)cc1. The van der Waals surface area contributed by atoms with E-state index in [1.807, 2.05) is 0 Å². The molecule has 0 fully saturated rings. The molecule has 0 radical (unpaired) electrons. The van der Waals surface area contributed by atoms with Crippen molar-refractivity contribution >= 4 is 11.9 Å². The fraction of sp³-hybridized carbons (Fsp3) is 0.333. The molecular weight excluding hydrogens is 222 g/mol. The lowest BCUT2D eigenvalue weighted by molar-refractivity contribution is -0.143. The number of methoxy groups -OCH3 is 1. The number of carboxylic acids is 1. The Labute approximate surface area is 99.6 Å². The average molecular weight is 237 g/mol. The van der Waals surface area contributed by atoms with E-state index in [9.17, 15) is 9.59 Å². The first-order valence-corrected chi connectivity index (χ1v) is 5.11. The van der Waals surface area contributed by atoms with Crippen molar-refractivity contribution < 1.29 is 19.4 Å². The summed E-state index contributed by atoms with van der Waals surface area (Å²) in [4.78, 5) is 23.3. The molecule has 0 aliphatic carbocycles. The van der Waals surface area contributed by atoms with E-state index in [-0.39, 0.29) is 18.9 Å². The predicted molar refractivity (Wildman–Crippen MR) is 62.0 cm³/mol. The third-order valence-electron chi connectivity index (χ3n) is 2.31. The number of benzene rings is 1. The summed E-state index contributed by atoms with van der Waals surface area (Å²) >= 11 is 0. The lowest BCUT2D eigenvalue weighted by atomic mass is 10.1. The molecule has 0 spiro atoms. The van der Waals surface area contributed by atoms with Gasteiger partial charge in [-0.3, -0.25) is 9.59 Å². The van der Waals surface area contributed by atoms with Crippen LogP contribution in [0.15, 0.2) is 24.3 Å². The van der Waals surface area contributed by atoms with Crippen molar-refractivity contribution in [3.8, 4) is 5.75 Å². The van der Waals surface area contributed by atoms with Crippen molar-refractivity contribution in [2.45, 2.75) is 6.42 Å². The van der Waals surface area contributed by atoms with Crippen LogP contribution in [0.25, 0.3) is 0 Å². The number of hydrogen-bond acceptors (Lipinski definition) is 3. The molecule has 0 heterocycles. The van der Waals surface area contributed by atoms with Crippen LogP contribution < -0.4 is 4.74 Å². The second-order valence-corrected chi connectivity index (χ2v) is 3.67. The second-order valence-electron chi connectivity index (χ2n) is 3.67. The number of carboxylic acid groups (broad SMARTS) is 1. The minimum atomic E-state index is -1.02. The Kier molecular flexibility index (Phi) is 4.51. The lowest BCUT2D eigenvalue weighted by Crippen LogP contribution is -2.33. The molecule has 92 valence electrons. The number of carbonyl (C=O) groups excluding carboxylic acids is 1. The number of ether oxygens (including phenoxy) is 1. The van der Waals surface area contributed by atoms with Gasteiger partial charge in [0, 0.05) is 7.05 Å². The highest BCUT2D eigenvalue weighted by atomic mass is 16.5. The number of hydrogen-bond donors (Lipinski definition) is 1. The molecule has 0 aliphatic rings. The molecule has 0 saturated carbocycles. The zero-order chi connectivity index (χ0) is 12.8. The van der Waals surface area contributed by atoms with Crippen LogP contribution in [-0.4, -0.2) is 42.6 Å². The Bertz CT molecular complexity index is 399. The van der Waals surface area contributed by atoms with Crippen molar-refractivity contribution in [1.82, 2.24) is 4.90 Å². The number of rotatable bonds is 5. The maximum absolute atomic E-state index is 11.6. The number of carbonyl (C=O) groups is 2. The molecule has 0 bridgehead atoms. The Morgan fingerprint density at radius 2 is 1.88 bits per heavy atom. The monoisotopic (exact) mass is 237 g/mol. The molecule has 1 aromatic carbocycles. The molecule has 1 amide bonds. The van der Waals surface area contributed by atoms with Gasteiger partial charge in [0.05, 0.1) is 13.5 Å². The van der Waals surface area contributed by atoms with E-state index in [4.69, 9.17) is 9.84 Å². The van der Waals surface area contributed by atoms with E-state index in [2.05, 4.69) is 0 Å². The quantitative estimate of drug-likeness (QED) is 0.821. The fourth-order valence-corrected chi connectivity index (χ4v) is 1.34. The van der Waals surface area contributed by atoms with Crippen LogP contribution in [0, 0.1) is 0 Å². The van der Waals surface area contributed by atoms with Gasteiger partial charge in [0.2, 0.25) is 5.91 Å². The van der Waals surface area contributed by atoms with Crippen LogP contribution in [0.5, 0.6) is 5.75 Å². The highest BCUT2D eigenvalue weighted by Gasteiger charge is 2.12. The first kappa shape index (κ1) is 13.0. The summed E-state index contributed by atoms with van der Waals surface area (Å²) in [7, 11) is 3.04. The van der Waals surface area contributed by atoms with E-state index < -0.39 is 5.97 Å². The molecule has 5 heteroatoms. The van der Waals surface area contributed by atoms with Gasteiger partial charge in [-0.15, -0.1) is 0 Å². The minimum absolute atomic E-state index is 0.188. The second kappa shape index (κ2) is 5.89. The van der Waals surface area contributed by atoms with E-state index in [0.29, 0.717) is 0 Å². The summed E-state index contributed by atoms with van der Waals surface area (Å²) in [5, 5.41) is 8.56. The third kappa shape index (κ3) is 4.14. The molecule has 0 saturated heterocycles. The summed E-state index contributed by atoms with van der Waals surface area (Å²) in [6.45, 7) is -0.283. The van der Waals surface area contributed by atoms with E-state index in [1.165, 1.54) is 11.9 Å². The van der Waals surface area contributed by atoms with Gasteiger partial charge in [0.15, 0.2) is 0 Å². The van der Waals surface area contributed by atoms with Gasteiger partial charge in [-0.1, -0.05) is 12.1 Å². The van der Waals surface area contributed by atoms with Gasteiger partial charge in [-0.05, 0) is 17.7 Å². The topological polar surface area (TPSA) is 66.8 Å². The largest absolute Gasteiger partial charge is 0.497 e. The van der Waals surface area contributed by atoms with Crippen LogP contribution in [-0.2, 0) is 16.0 Å². The maximum Gasteiger partial charge on any atom is 0.323 e. The summed E-state index contributed by atoms with van der Waals surface area (Å²) in [6.07, 6.45) is 0.188. The van der Waals surface area contributed by atoms with E-state index >= 15 is 0 Å². The molecule has 0 aliphatic heterocycles. The van der Waals surface area contributed by atoms with Gasteiger partial charge in [-0.2, -0.15) is 0 Å². The summed E-state index contributed by atoms with van der Waals surface area (Å²) in [5.74, 6) is -0.520. The van der Waals surface area contributed by atoms with E-state index in [1.54, 1.807) is 31.4 Å². The average Bonchev–Trinajstić information content (AvgIpc) is 2.29. The molecular formula is C12H15NO4. The first-order chi connectivity index (χ1) is 8.02. The fourth-order valence-electron chi connectivity index (χ4n) is 1.34. The Morgan fingerprint density at radius 3 is 2.35 bits per heavy atom. The molecule has 0 atom stereocenters. The summed E-state index contributed by atoms with van der Waals surface area (Å²) < 4.78 is 5.00. The van der Waals surface area contributed by atoms with Crippen LogP contribution >= 0.6 is 0 Å². The maximum atomic E-state index is 11.6. The van der Waals surface area contributed by atoms with Crippen LogP contribution in [0.2, 0.25) is 0 Å². The number of aliphatic carboxylic acids is 1. The number of nitrogens with zero attached hydrogens (tertiary/aromatic N) is 1. The Balaban J connectivity index is 2.58. The summed E-state index contributed by atoms with van der Waals surface area (Å²) in [5.41, 5.74) is 0.827. The van der Waals surface area contributed by atoms with Crippen molar-refractivity contribution in [3.63, 3.8) is 0 Å². The normalized spacial score (nSPS) is 9.76. The zero-order valence-electron chi connectivity index (χ0n) is 9.84. The van der Waals surface area contributed by atoms with Gasteiger partial charge in [-0.25, -0.2) is 0 Å². The Hall–Kier alpha value is -2.04. The molecule has 17 heavy (non-hydrogen) atoms. The predicted octanol–water partition coefficient (Wildman–Crippen LogP) is 0.781. The number of likely N-dealkylation sites (N-methyl/N-ethyl adjacent to an activating group) is 1. The molecule has 1 rings (SSSR count). The molecule has 1 aromatic rings. The first-order valence-electron chi connectivity index (χ1n) is 5.11. The molecule has 0 aromatic heterocycles. The van der Waals surface area contributed by atoms with Crippen molar-refractivity contribution in [2.24, 2.45) is 0 Å². The summed E-state index contributed by atoms with van der Waals surface area (Å²) in [6, 6.07) is 7.09. The van der Waals surface area contributed by atoms with Crippen molar-refractivity contribution in [1.29, 1.82) is 0 Å². The standard InChI is InChI=1S/C12H15NO4/c1-13(8-12(15)16)11(14)7-9-3-5-10(17-2)6-4-9/h3-6H,7-8H2,1-2H3,(H,15,16). The zero-order valence-corrected chi connectivity index (χ0v) is 9.84. The molecule has 5 nitrogen and oxygen atoms in total. The molecule has 0 unspecified atom stereocenters. The minimum Gasteiger partial charge on any atom is -0.497 e. The highest BCUT2D eigenvalue weighted by molar-refractivity contribution is 5.82.